The molecule has 7 heteroatoms. The van der Waals surface area contributed by atoms with Crippen molar-refractivity contribution in [1.29, 1.82) is 0 Å². The van der Waals surface area contributed by atoms with Crippen molar-refractivity contribution in [3.8, 4) is 0 Å². The molecule has 216 valence electrons. The van der Waals surface area contributed by atoms with Gasteiger partial charge in [-0.05, 0) is 79.6 Å². The van der Waals surface area contributed by atoms with E-state index in [-0.39, 0.29) is 36.1 Å². The minimum absolute atomic E-state index is 0.0936. The SMILES string of the molecule is C[C@]12C=CC(O)CC1CC[C@@H]1[C@@H]2[C@@H](O)C[C@@]2(C)[C@H]1C[C@H]1CN(CC3=CC=C4CCCOC4C3)O[C@]12C(O)CO. The molecule has 4 unspecified atom stereocenters. The van der Waals surface area contributed by atoms with Crippen LogP contribution in [0, 0.1) is 40.4 Å². The third-order valence-corrected chi connectivity index (χ3v) is 12.6. The molecule has 39 heavy (non-hydrogen) atoms. The molecule has 0 bridgehead atoms. The monoisotopic (exact) mass is 541 g/mol. The van der Waals surface area contributed by atoms with Gasteiger partial charge in [-0.25, -0.2) is 0 Å². The van der Waals surface area contributed by atoms with E-state index in [0.717, 1.165) is 58.1 Å². The molecule has 0 aromatic carbocycles. The number of allylic oxidation sites excluding steroid dienone is 3. The molecule has 3 saturated carbocycles. The summed E-state index contributed by atoms with van der Waals surface area (Å²) < 4.78 is 6.04. The van der Waals surface area contributed by atoms with E-state index < -0.39 is 23.2 Å². The minimum atomic E-state index is -1.00. The third kappa shape index (κ3) is 3.80. The number of hydrogen-bond donors (Lipinski definition) is 4. The molecule has 0 aromatic heterocycles. The molecule has 7 aliphatic rings. The van der Waals surface area contributed by atoms with Gasteiger partial charge >= 0.3 is 0 Å². The van der Waals surface area contributed by atoms with Crippen LogP contribution in [-0.2, 0) is 9.57 Å². The molecular formula is C32H47NO6. The van der Waals surface area contributed by atoms with Crippen LogP contribution in [-0.4, -0.2) is 81.8 Å². The quantitative estimate of drug-likeness (QED) is 0.406. The van der Waals surface area contributed by atoms with Crippen molar-refractivity contribution < 1.29 is 30.0 Å². The van der Waals surface area contributed by atoms with Crippen molar-refractivity contribution in [2.24, 2.45) is 40.4 Å². The van der Waals surface area contributed by atoms with Crippen LogP contribution in [0.15, 0.2) is 35.5 Å². The zero-order valence-electron chi connectivity index (χ0n) is 23.5. The second kappa shape index (κ2) is 9.48. The summed E-state index contributed by atoms with van der Waals surface area (Å²) in [5.41, 5.74) is 1.19. The number of rotatable bonds is 4. The van der Waals surface area contributed by atoms with Crippen LogP contribution >= 0.6 is 0 Å². The fourth-order valence-corrected chi connectivity index (χ4v) is 11.0. The zero-order chi connectivity index (χ0) is 27.2. The van der Waals surface area contributed by atoms with E-state index in [2.05, 4.69) is 32.1 Å². The van der Waals surface area contributed by atoms with Gasteiger partial charge in [-0.1, -0.05) is 43.7 Å². The van der Waals surface area contributed by atoms with E-state index in [9.17, 15) is 20.4 Å². The number of hydroxylamine groups is 2. The predicted octanol–water partition coefficient (Wildman–Crippen LogP) is 3.14. The molecule has 2 aliphatic heterocycles. The molecular weight excluding hydrogens is 494 g/mol. The lowest BCUT2D eigenvalue weighted by Gasteiger charge is -2.62. The van der Waals surface area contributed by atoms with E-state index in [0.29, 0.717) is 30.7 Å². The largest absolute Gasteiger partial charge is 0.394 e. The van der Waals surface area contributed by atoms with E-state index >= 15 is 0 Å². The average molecular weight is 542 g/mol. The normalized spacial score (nSPS) is 51.6. The second-order valence-electron chi connectivity index (χ2n) is 14.4. The molecule has 5 aliphatic carbocycles. The van der Waals surface area contributed by atoms with Crippen LogP contribution in [0.4, 0.5) is 0 Å². The first kappa shape index (κ1) is 26.8. The Morgan fingerprint density at radius 1 is 1.13 bits per heavy atom. The standard InChI is InChI=1S/C32H47NO6/c1-30-10-9-23(35)13-21(30)7-8-24-25-14-22-17-33(16-19-5-6-20-4-3-11-38-27(20)12-19)39-32(22,28(37)18-34)31(25,2)15-26(36)29(24)30/h5-6,9-10,21-29,34-37H,3-4,7-8,11-18H2,1-2H3/t21?,22-,23?,24-,25-,26-,27?,28?,29+,30-,31-,32-/m0/s1. The molecule has 4 N–H and O–H groups in total. The molecule has 7 rings (SSSR count). The highest BCUT2D eigenvalue weighted by molar-refractivity contribution is 5.30. The summed E-state index contributed by atoms with van der Waals surface area (Å²) in [4.78, 5) is 6.87. The summed E-state index contributed by atoms with van der Waals surface area (Å²) in [7, 11) is 0. The van der Waals surface area contributed by atoms with Gasteiger partial charge in [0.25, 0.3) is 0 Å². The Balaban J connectivity index is 1.17. The summed E-state index contributed by atoms with van der Waals surface area (Å²) in [6.45, 7) is 6.39. The Hall–Kier alpha value is -1.06. The highest BCUT2D eigenvalue weighted by atomic mass is 16.7. The van der Waals surface area contributed by atoms with E-state index in [1.807, 2.05) is 11.1 Å². The lowest BCUT2D eigenvalue weighted by Crippen LogP contribution is -2.65. The van der Waals surface area contributed by atoms with Crippen molar-refractivity contribution in [2.45, 2.75) is 95.2 Å². The first-order valence-corrected chi connectivity index (χ1v) is 15.5. The summed E-state index contributed by atoms with van der Waals surface area (Å²) in [6.07, 6.45) is 14.3. The third-order valence-electron chi connectivity index (χ3n) is 12.6. The first-order valence-electron chi connectivity index (χ1n) is 15.5. The number of hydrogen-bond acceptors (Lipinski definition) is 7. The number of aliphatic hydroxyl groups excluding tert-OH is 4. The van der Waals surface area contributed by atoms with Crippen LogP contribution < -0.4 is 0 Å². The predicted molar refractivity (Wildman–Crippen MR) is 146 cm³/mol. The fraction of sp³-hybridized carbons (Fsp3) is 0.812. The number of fused-ring (bicyclic) bond motifs is 8. The van der Waals surface area contributed by atoms with Crippen molar-refractivity contribution >= 4 is 0 Å². The van der Waals surface area contributed by atoms with Crippen LogP contribution in [0.5, 0.6) is 0 Å². The van der Waals surface area contributed by atoms with Crippen LogP contribution in [0.25, 0.3) is 0 Å². The zero-order valence-corrected chi connectivity index (χ0v) is 23.5. The van der Waals surface area contributed by atoms with Crippen molar-refractivity contribution in [3.05, 3.63) is 35.5 Å². The summed E-state index contributed by atoms with van der Waals surface area (Å²) in [5.74, 6) is 1.26. The molecule has 0 aromatic rings. The first-order chi connectivity index (χ1) is 18.7. The lowest BCUT2D eigenvalue weighted by molar-refractivity contribution is -0.291. The highest BCUT2D eigenvalue weighted by Crippen LogP contribution is 2.71. The van der Waals surface area contributed by atoms with Gasteiger partial charge in [-0.15, -0.1) is 0 Å². The van der Waals surface area contributed by atoms with Gasteiger partial charge < -0.3 is 25.2 Å². The van der Waals surface area contributed by atoms with E-state index in [1.165, 1.54) is 11.1 Å². The molecule has 0 spiro atoms. The Labute approximate surface area is 232 Å². The summed E-state index contributed by atoms with van der Waals surface area (Å²) >= 11 is 0. The summed E-state index contributed by atoms with van der Waals surface area (Å²) in [6, 6.07) is 0. The van der Waals surface area contributed by atoms with E-state index in [4.69, 9.17) is 9.57 Å². The van der Waals surface area contributed by atoms with Gasteiger partial charge in [0.15, 0.2) is 0 Å². The second-order valence-corrected chi connectivity index (χ2v) is 14.4. The van der Waals surface area contributed by atoms with Crippen molar-refractivity contribution in [2.75, 3.05) is 26.3 Å². The summed E-state index contributed by atoms with van der Waals surface area (Å²) in [5, 5.41) is 46.0. The van der Waals surface area contributed by atoms with Gasteiger partial charge in [0, 0.05) is 37.5 Å². The lowest BCUT2D eigenvalue weighted by atomic mass is 9.44. The minimum Gasteiger partial charge on any atom is -0.394 e. The van der Waals surface area contributed by atoms with Gasteiger partial charge in [0.05, 0.1) is 24.9 Å². The maximum atomic E-state index is 11.9. The van der Waals surface area contributed by atoms with Gasteiger partial charge in [-0.2, -0.15) is 5.06 Å². The Morgan fingerprint density at radius 3 is 2.79 bits per heavy atom. The number of aliphatic hydroxyl groups is 4. The van der Waals surface area contributed by atoms with Crippen molar-refractivity contribution in [3.63, 3.8) is 0 Å². The van der Waals surface area contributed by atoms with E-state index in [1.54, 1.807) is 0 Å². The topological polar surface area (TPSA) is 103 Å². The molecule has 0 amide bonds. The van der Waals surface area contributed by atoms with Gasteiger partial charge in [0.1, 0.15) is 11.7 Å². The Kier molecular flexibility index (Phi) is 6.52. The molecule has 2 heterocycles. The van der Waals surface area contributed by atoms with Crippen LogP contribution in [0.2, 0.25) is 0 Å². The average Bonchev–Trinajstić information content (AvgIpc) is 3.40. The maximum Gasteiger partial charge on any atom is 0.128 e. The fourth-order valence-electron chi connectivity index (χ4n) is 11.0. The Morgan fingerprint density at radius 2 is 1.97 bits per heavy atom. The molecule has 5 fully saturated rings. The van der Waals surface area contributed by atoms with Crippen LogP contribution in [0.3, 0.4) is 0 Å². The number of ether oxygens (including phenoxy) is 1. The van der Waals surface area contributed by atoms with Gasteiger partial charge in [-0.3, -0.25) is 4.84 Å². The Bertz CT molecular complexity index is 1070. The molecule has 0 radical (unpaired) electrons. The number of nitrogens with zero attached hydrogens (tertiary/aromatic N) is 1. The van der Waals surface area contributed by atoms with Crippen molar-refractivity contribution in [1.82, 2.24) is 5.06 Å². The molecule has 2 saturated heterocycles. The van der Waals surface area contributed by atoms with Gasteiger partial charge in [0.2, 0.25) is 0 Å². The highest BCUT2D eigenvalue weighted by Gasteiger charge is 2.74. The molecule has 7 nitrogen and oxygen atoms in total. The smallest absolute Gasteiger partial charge is 0.128 e. The van der Waals surface area contributed by atoms with Crippen LogP contribution in [0.1, 0.15) is 65.2 Å². The maximum absolute atomic E-state index is 11.9. The molecule has 12 atom stereocenters.